The van der Waals surface area contributed by atoms with Crippen molar-refractivity contribution >= 4 is 11.9 Å². The van der Waals surface area contributed by atoms with E-state index in [9.17, 15) is 14.7 Å². The molecule has 5 heteroatoms. The Hall–Kier alpha value is -1.10. The third-order valence-electron chi connectivity index (χ3n) is 3.66. The first kappa shape index (κ1) is 16.0. The molecule has 2 unspecified atom stereocenters. The number of likely N-dealkylation sites (tertiary alicyclic amines) is 1. The normalized spacial score (nSPS) is 22.8. The van der Waals surface area contributed by atoms with Crippen LogP contribution in [-0.4, -0.2) is 48.6 Å². The molecule has 1 aliphatic heterocycles. The van der Waals surface area contributed by atoms with Crippen molar-refractivity contribution < 1.29 is 14.7 Å². The zero-order chi connectivity index (χ0) is 14.6. The van der Waals surface area contributed by atoms with Gasteiger partial charge in [0.15, 0.2) is 0 Å². The highest BCUT2D eigenvalue weighted by molar-refractivity contribution is 5.97. The fourth-order valence-corrected chi connectivity index (χ4v) is 2.66. The molecule has 1 aliphatic rings. The van der Waals surface area contributed by atoms with Crippen molar-refractivity contribution in [3.63, 3.8) is 0 Å². The Morgan fingerprint density at radius 3 is 2.53 bits per heavy atom. The molecule has 0 aromatic heterocycles. The second-order valence-electron chi connectivity index (χ2n) is 6.65. The fourth-order valence-electron chi connectivity index (χ4n) is 2.66. The van der Waals surface area contributed by atoms with Crippen molar-refractivity contribution in [1.29, 1.82) is 0 Å². The SMILES string of the molecule is CN1CCCC(CNC(=O)C(C(=O)O)C(C)(C)C)C1. The Morgan fingerprint density at radius 1 is 1.42 bits per heavy atom. The van der Waals surface area contributed by atoms with Crippen LogP contribution in [0.3, 0.4) is 0 Å². The van der Waals surface area contributed by atoms with Gasteiger partial charge in [-0.25, -0.2) is 0 Å². The van der Waals surface area contributed by atoms with E-state index in [1.165, 1.54) is 0 Å². The van der Waals surface area contributed by atoms with Crippen LogP contribution in [0, 0.1) is 17.3 Å². The topological polar surface area (TPSA) is 69.6 Å². The lowest BCUT2D eigenvalue weighted by molar-refractivity contribution is -0.151. The van der Waals surface area contributed by atoms with Gasteiger partial charge in [-0.15, -0.1) is 0 Å². The molecular formula is C14H26N2O3. The highest BCUT2D eigenvalue weighted by Crippen LogP contribution is 2.26. The van der Waals surface area contributed by atoms with Gasteiger partial charge in [0.25, 0.3) is 0 Å². The second-order valence-corrected chi connectivity index (χ2v) is 6.65. The first-order valence-electron chi connectivity index (χ1n) is 6.91. The summed E-state index contributed by atoms with van der Waals surface area (Å²) in [6.45, 7) is 7.97. The maximum Gasteiger partial charge on any atom is 0.316 e. The van der Waals surface area contributed by atoms with Gasteiger partial charge >= 0.3 is 5.97 Å². The minimum Gasteiger partial charge on any atom is -0.481 e. The molecule has 19 heavy (non-hydrogen) atoms. The average molecular weight is 270 g/mol. The van der Waals surface area contributed by atoms with Crippen LogP contribution in [0.25, 0.3) is 0 Å². The van der Waals surface area contributed by atoms with Crippen molar-refractivity contribution in [2.24, 2.45) is 17.3 Å². The first-order valence-corrected chi connectivity index (χ1v) is 6.91. The van der Waals surface area contributed by atoms with Crippen molar-refractivity contribution in [3.05, 3.63) is 0 Å². The number of nitrogens with zero attached hydrogens (tertiary/aromatic N) is 1. The van der Waals surface area contributed by atoms with E-state index in [1.54, 1.807) is 20.8 Å². The average Bonchev–Trinajstić information content (AvgIpc) is 2.24. The van der Waals surface area contributed by atoms with Gasteiger partial charge < -0.3 is 15.3 Å². The van der Waals surface area contributed by atoms with Gasteiger partial charge in [0.1, 0.15) is 5.92 Å². The van der Waals surface area contributed by atoms with E-state index in [2.05, 4.69) is 17.3 Å². The Labute approximate surface area is 115 Å². The van der Waals surface area contributed by atoms with Crippen LogP contribution >= 0.6 is 0 Å². The highest BCUT2D eigenvalue weighted by atomic mass is 16.4. The molecule has 0 radical (unpaired) electrons. The second kappa shape index (κ2) is 6.37. The Morgan fingerprint density at radius 2 is 2.05 bits per heavy atom. The molecule has 1 amide bonds. The van der Waals surface area contributed by atoms with E-state index in [1.807, 2.05) is 0 Å². The van der Waals surface area contributed by atoms with Gasteiger partial charge in [-0.1, -0.05) is 20.8 Å². The predicted molar refractivity (Wildman–Crippen MR) is 73.8 cm³/mol. The van der Waals surface area contributed by atoms with Crippen LogP contribution in [0.15, 0.2) is 0 Å². The zero-order valence-corrected chi connectivity index (χ0v) is 12.4. The predicted octanol–water partition coefficient (Wildman–Crippen LogP) is 1.19. The molecular weight excluding hydrogens is 244 g/mol. The number of carboxylic acids is 1. The van der Waals surface area contributed by atoms with E-state index in [-0.39, 0.29) is 5.91 Å². The number of aliphatic carboxylic acids is 1. The standard InChI is InChI=1S/C14H26N2O3/c1-14(2,3)11(13(18)19)12(17)15-8-10-6-5-7-16(4)9-10/h10-11H,5-9H2,1-4H3,(H,15,17)(H,18,19). The molecule has 0 bridgehead atoms. The van der Waals surface area contributed by atoms with Gasteiger partial charge in [0.2, 0.25) is 5.91 Å². The number of nitrogens with one attached hydrogen (secondary N) is 1. The van der Waals surface area contributed by atoms with Crippen LogP contribution < -0.4 is 5.32 Å². The molecule has 2 atom stereocenters. The summed E-state index contributed by atoms with van der Waals surface area (Å²) in [6.07, 6.45) is 2.23. The maximum absolute atomic E-state index is 12.0. The molecule has 0 aromatic carbocycles. The van der Waals surface area contributed by atoms with Gasteiger partial charge in [-0.2, -0.15) is 0 Å². The summed E-state index contributed by atoms with van der Waals surface area (Å²) in [5.41, 5.74) is -0.570. The van der Waals surface area contributed by atoms with E-state index in [0.717, 1.165) is 25.9 Å². The van der Waals surface area contributed by atoms with E-state index in [0.29, 0.717) is 12.5 Å². The minimum atomic E-state index is -1.05. The molecule has 0 aromatic rings. The van der Waals surface area contributed by atoms with Crippen LogP contribution in [0.2, 0.25) is 0 Å². The number of hydrogen-bond acceptors (Lipinski definition) is 3. The Bertz CT molecular complexity index is 336. The maximum atomic E-state index is 12.0. The summed E-state index contributed by atoms with van der Waals surface area (Å²) in [5.74, 6) is -1.98. The number of hydrogen-bond donors (Lipinski definition) is 2. The number of amides is 1. The monoisotopic (exact) mass is 270 g/mol. The summed E-state index contributed by atoms with van der Waals surface area (Å²) < 4.78 is 0. The van der Waals surface area contributed by atoms with Crippen molar-refractivity contribution in [2.75, 3.05) is 26.7 Å². The smallest absolute Gasteiger partial charge is 0.316 e. The fraction of sp³-hybridized carbons (Fsp3) is 0.857. The van der Waals surface area contributed by atoms with Gasteiger partial charge in [-0.3, -0.25) is 9.59 Å². The molecule has 2 N–H and O–H groups in total. The number of carbonyl (C=O) groups is 2. The summed E-state index contributed by atoms with van der Waals surface area (Å²) >= 11 is 0. The van der Waals surface area contributed by atoms with Crippen molar-refractivity contribution in [3.8, 4) is 0 Å². The summed E-state index contributed by atoms with van der Waals surface area (Å²) in [4.78, 5) is 25.5. The lowest BCUT2D eigenvalue weighted by atomic mass is 9.80. The lowest BCUT2D eigenvalue weighted by Gasteiger charge is -2.31. The van der Waals surface area contributed by atoms with Crippen molar-refractivity contribution in [1.82, 2.24) is 10.2 Å². The Kier molecular flexibility index (Phi) is 5.35. The molecule has 110 valence electrons. The quantitative estimate of drug-likeness (QED) is 0.753. The number of rotatable bonds is 4. The lowest BCUT2D eigenvalue weighted by Crippen LogP contribution is -2.46. The van der Waals surface area contributed by atoms with E-state index >= 15 is 0 Å². The van der Waals surface area contributed by atoms with E-state index in [4.69, 9.17) is 0 Å². The molecule has 5 nitrogen and oxygen atoms in total. The zero-order valence-electron chi connectivity index (χ0n) is 12.4. The van der Waals surface area contributed by atoms with Gasteiger partial charge in [-0.05, 0) is 37.8 Å². The summed E-state index contributed by atoms with van der Waals surface area (Å²) in [5, 5.41) is 12.0. The number of piperidine rings is 1. The van der Waals surface area contributed by atoms with Crippen LogP contribution in [0.4, 0.5) is 0 Å². The minimum absolute atomic E-state index is 0.367. The molecule has 0 saturated carbocycles. The Balaban J connectivity index is 2.51. The summed E-state index contributed by atoms with van der Waals surface area (Å²) in [6, 6.07) is 0. The molecule has 1 fully saturated rings. The largest absolute Gasteiger partial charge is 0.481 e. The van der Waals surface area contributed by atoms with Gasteiger partial charge in [0, 0.05) is 13.1 Å². The molecule has 1 heterocycles. The molecule has 0 aliphatic carbocycles. The van der Waals surface area contributed by atoms with Crippen LogP contribution in [0.1, 0.15) is 33.6 Å². The number of carboxylic acid groups (broad SMARTS) is 1. The van der Waals surface area contributed by atoms with E-state index < -0.39 is 17.3 Å². The van der Waals surface area contributed by atoms with Crippen LogP contribution in [0.5, 0.6) is 0 Å². The highest BCUT2D eigenvalue weighted by Gasteiger charge is 2.37. The molecule has 1 rings (SSSR count). The van der Waals surface area contributed by atoms with Crippen LogP contribution in [-0.2, 0) is 9.59 Å². The van der Waals surface area contributed by atoms with Gasteiger partial charge in [0.05, 0.1) is 0 Å². The number of carbonyl (C=O) groups excluding carboxylic acids is 1. The third-order valence-corrected chi connectivity index (χ3v) is 3.66. The third kappa shape index (κ3) is 4.82. The molecule has 0 spiro atoms. The molecule has 1 saturated heterocycles. The summed E-state index contributed by atoms with van der Waals surface area (Å²) in [7, 11) is 2.07. The van der Waals surface area contributed by atoms with Crippen molar-refractivity contribution in [2.45, 2.75) is 33.6 Å². The first-order chi connectivity index (χ1) is 8.71.